The molecule has 0 aliphatic rings. The van der Waals surface area contributed by atoms with Gasteiger partial charge in [0, 0.05) is 9.13 Å². The number of carbonyl (C=O) groups is 2. The average molecular weight is 358 g/mol. The first-order chi connectivity index (χ1) is 8.49. The number of carboxylic acid groups (broad SMARTS) is 1. The van der Waals surface area contributed by atoms with E-state index in [9.17, 15) is 9.59 Å². The summed E-state index contributed by atoms with van der Waals surface area (Å²) in [6.45, 7) is 0. The van der Waals surface area contributed by atoms with Crippen LogP contribution < -0.4 is 5.73 Å². The van der Waals surface area contributed by atoms with Crippen molar-refractivity contribution >= 4 is 34.5 Å². The van der Waals surface area contributed by atoms with Gasteiger partial charge in [-0.25, -0.2) is 4.79 Å². The number of aromatic nitrogens is 3. The standard InChI is InChI=1S/C10H7IN4O3/c11-6-2-4(1-5(3-6)10(17)18)7-8(9(12)16)14-15-13-7/h1-3H,(H2,12,16)(H,17,18)(H,13,14,15). The van der Waals surface area contributed by atoms with Gasteiger partial charge in [0.25, 0.3) is 5.91 Å². The number of carboxylic acids is 1. The molecule has 0 saturated carbocycles. The summed E-state index contributed by atoms with van der Waals surface area (Å²) in [5, 5.41) is 18.7. The van der Waals surface area contributed by atoms with E-state index >= 15 is 0 Å². The minimum Gasteiger partial charge on any atom is -0.478 e. The number of nitrogens with two attached hydrogens (primary N) is 1. The van der Waals surface area contributed by atoms with Gasteiger partial charge in [0.1, 0.15) is 5.69 Å². The van der Waals surface area contributed by atoms with Gasteiger partial charge < -0.3 is 10.8 Å². The van der Waals surface area contributed by atoms with E-state index < -0.39 is 11.9 Å². The van der Waals surface area contributed by atoms with Gasteiger partial charge in [-0.2, -0.15) is 15.4 Å². The van der Waals surface area contributed by atoms with Crippen molar-refractivity contribution in [1.29, 1.82) is 0 Å². The van der Waals surface area contributed by atoms with Gasteiger partial charge in [-0.3, -0.25) is 4.79 Å². The first-order valence-corrected chi connectivity index (χ1v) is 5.81. The van der Waals surface area contributed by atoms with Gasteiger partial charge in [-0.1, -0.05) is 0 Å². The highest BCUT2D eigenvalue weighted by atomic mass is 127. The summed E-state index contributed by atoms with van der Waals surface area (Å²) in [6, 6.07) is 4.61. The maximum Gasteiger partial charge on any atom is 0.335 e. The molecule has 2 aromatic rings. The maximum absolute atomic E-state index is 11.1. The van der Waals surface area contributed by atoms with Gasteiger partial charge >= 0.3 is 5.97 Å². The van der Waals surface area contributed by atoms with E-state index in [1.807, 2.05) is 22.6 Å². The van der Waals surface area contributed by atoms with Crippen LogP contribution in [0.3, 0.4) is 0 Å². The van der Waals surface area contributed by atoms with Crippen LogP contribution in [-0.2, 0) is 0 Å². The number of H-pyrrole nitrogens is 1. The van der Waals surface area contributed by atoms with Crippen molar-refractivity contribution in [1.82, 2.24) is 15.4 Å². The Morgan fingerprint density at radius 1 is 1.28 bits per heavy atom. The molecule has 0 aliphatic carbocycles. The predicted octanol–water partition coefficient (Wildman–Crippen LogP) is 0.873. The summed E-state index contributed by atoms with van der Waals surface area (Å²) in [5.74, 6) is -1.78. The molecule has 0 saturated heterocycles. The lowest BCUT2D eigenvalue weighted by Crippen LogP contribution is -2.13. The van der Waals surface area contributed by atoms with Gasteiger partial charge in [-0.15, -0.1) is 0 Å². The number of hydrogen-bond donors (Lipinski definition) is 3. The van der Waals surface area contributed by atoms with Crippen molar-refractivity contribution in [3.8, 4) is 11.3 Å². The SMILES string of the molecule is NC(=O)c1n[nH]nc1-c1cc(I)cc(C(=O)O)c1. The molecule has 0 spiro atoms. The highest BCUT2D eigenvalue weighted by Crippen LogP contribution is 2.23. The van der Waals surface area contributed by atoms with Gasteiger partial charge in [0.05, 0.1) is 5.56 Å². The largest absolute Gasteiger partial charge is 0.478 e. The molecule has 8 heteroatoms. The Morgan fingerprint density at radius 2 is 2.00 bits per heavy atom. The van der Waals surface area contributed by atoms with Crippen molar-refractivity contribution in [3.05, 3.63) is 33.0 Å². The van der Waals surface area contributed by atoms with E-state index in [4.69, 9.17) is 10.8 Å². The highest BCUT2D eigenvalue weighted by molar-refractivity contribution is 14.1. The monoisotopic (exact) mass is 358 g/mol. The predicted molar refractivity (Wildman–Crippen MR) is 70.0 cm³/mol. The lowest BCUT2D eigenvalue weighted by Gasteiger charge is -2.02. The average Bonchev–Trinajstić information content (AvgIpc) is 2.76. The third-order valence-corrected chi connectivity index (χ3v) is 2.82. The second kappa shape index (κ2) is 4.72. The number of carbonyl (C=O) groups excluding carboxylic acids is 1. The van der Waals surface area contributed by atoms with Crippen molar-refractivity contribution in [2.24, 2.45) is 5.73 Å². The first-order valence-electron chi connectivity index (χ1n) is 4.74. The molecule has 0 aliphatic heterocycles. The van der Waals surface area contributed by atoms with Gasteiger partial charge in [-0.05, 0) is 40.8 Å². The van der Waals surface area contributed by atoms with Crippen LogP contribution in [0.5, 0.6) is 0 Å². The van der Waals surface area contributed by atoms with E-state index in [1.54, 1.807) is 6.07 Å². The smallest absolute Gasteiger partial charge is 0.335 e. The zero-order valence-electron chi connectivity index (χ0n) is 8.85. The summed E-state index contributed by atoms with van der Waals surface area (Å²) < 4.78 is 0.709. The van der Waals surface area contributed by atoms with Crippen LogP contribution in [0.2, 0.25) is 0 Å². The van der Waals surface area contributed by atoms with Crippen LogP contribution in [-0.4, -0.2) is 32.4 Å². The number of hydrogen-bond acceptors (Lipinski definition) is 4. The maximum atomic E-state index is 11.1. The number of halogens is 1. The number of benzene rings is 1. The topological polar surface area (TPSA) is 122 Å². The van der Waals surface area contributed by atoms with E-state index in [0.29, 0.717) is 9.13 Å². The molecular weight excluding hydrogens is 351 g/mol. The zero-order chi connectivity index (χ0) is 13.3. The summed E-state index contributed by atoms with van der Waals surface area (Å²) in [4.78, 5) is 22.1. The summed E-state index contributed by atoms with van der Waals surface area (Å²) in [6.07, 6.45) is 0. The number of aromatic amines is 1. The number of amides is 1. The summed E-state index contributed by atoms with van der Waals surface area (Å²) in [5.41, 5.74) is 5.95. The van der Waals surface area contributed by atoms with E-state index in [0.717, 1.165) is 0 Å². The molecule has 2 rings (SSSR count). The van der Waals surface area contributed by atoms with Crippen LogP contribution in [0.25, 0.3) is 11.3 Å². The number of aromatic carboxylic acids is 1. The van der Waals surface area contributed by atoms with Gasteiger partial charge in [0.15, 0.2) is 5.69 Å². The van der Waals surface area contributed by atoms with Crippen molar-refractivity contribution in [2.75, 3.05) is 0 Å². The Hall–Kier alpha value is -1.97. The third-order valence-electron chi connectivity index (χ3n) is 2.20. The molecule has 1 heterocycles. The molecule has 0 atom stereocenters. The third kappa shape index (κ3) is 2.32. The van der Waals surface area contributed by atoms with Crippen LogP contribution in [0.15, 0.2) is 18.2 Å². The molecule has 7 nitrogen and oxygen atoms in total. The Bertz CT molecular complexity index is 638. The number of rotatable bonds is 3. The Labute approximate surface area is 115 Å². The van der Waals surface area contributed by atoms with Crippen molar-refractivity contribution in [2.45, 2.75) is 0 Å². The Balaban J connectivity index is 2.60. The quantitative estimate of drug-likeness (QED) is 0.703. The normalized spacial score (nSPS) is 10.3. The second-order valence-electron chi connectivity index (χ2n) is 3.42. The molecule has 1 aromatic carbocycles. The molecule has 0 unspecified atom stereocenters. The minimum absolute atomic E-state index is 0.0201. The Kier molecular flexibility index (Phi) is 3.28. The number of nitrogens with one attached hydrogen (secondary N) is 1. The fraction of sp³-hybridized carbons (Fsp3) is 0. The van der Waals surface area contributed by atoms with Crippen molar-refractivity contribution in [3.63, 3.8) is 0 Å². The number of primary amides is 1. The first kappa shape index (κ1) is 12.5. The zero-order valence-corrected chi connectivity index (χ0v) is 11.0. The molecule has 1 aromatic heterocycles. The second-order valence-corrected chi connectivity index (χ2v) is 4.66. The van der Waals surface area contributed by atoms with Crippen LogP contribution >= 0.6 is 22.6 Å². The fourth-order valence-electron chi connectivity index (χ4n) is 1.45. The number of nitrogens with zero attached hydrogens (tertiary/aromatic N) is 2. The highest BCUT2D eigenvalue weighted by Gasteiger charge is 2.17. The minimum atomic E-state index is -1.06. The van der Waals surface area contributed by atoms with Crippen molar-refractivity contribution < 1.29 is 14.7 Å². The Morgan fingerprint density at radius 3 is 2.61 bits per heavy atom. The van der Waals surface area contributed by atoms with Crippen LogP contribution in [0, 0.1) is 3.57 Å². The molecule has 4 N–H and O–H groups in total. The molecule has 18 heavy (non-hydrogen) atoms. The van der Waals surface area contributed by atoms with Crippen LogP contribution in [0.4, 0.5) is 0 Å². The summed E-state index contributed by atoms with van der Waals surface area (Å²) >= 11 is 1.98. The van der Waals surface area contributed by atoms with E-state index in [1.165, 1.54) is 12.1 Å². The molecule has 0 fully saturated rings. The molecule has 92 valence electrons. The molecule has 0 bridgehead atoms. The fourth-order valence-corrected chi connectivity index (χ4v) is 2.12. The van der Waals surface area contributed by atoms with E-state index in [2.05, 4.69) is 15.4 Å². The molecule has 0 radical (unpaired) electrons. The lowest BCUT2D eigenvalue weighted by molar-refractivity contribution is 0.0696. The molecular formula is C10H7IN4O3. The lowest BCUT2D eigenvalue weighted by atomic mass is 10.1. The van der Waals surface area contributed by atoms with Crippen LogP contribution in [0.1, 0.15) is 20.8 Å². The summed E-state index contributed by atoms with van der Waals surface area (Å²) in [7, 11) is 0. The van der Waals surface area contributed by atoms with E-state index in [-0.39, 0.29) is 17.0 Å². The van der Waals surface area contributed by atoms with Gasteiger partial charge in [0.2, 0.25) is 0 Å². The molecule has 1 amide bonds.